The molecule has 0 unspecified atom stereocenters. The Labute approximate surface area is 147 Å². The van der Waals surface area contributed by atoms with Gasteiger partial charge in [-0.1, -0.05) is 11.6 Å². The lowest BCUT2D eigenvalue weighted by Crippen LogP contribution is -1.98. The second-order valence-electron chi connectivity index (χ2n) is 5.80. The van der Waals surface area contributed by atoms with Gasteiger partial charge in [0.25, 0.3) is 0 Å². The molecule has 4 nitrogen and oxygen atoms in total. The third kappa shape index (κ3) is 3.49. The van der Waals surface area contributed by atoms with E-state index in [1.54, 1.807) is 24.3 Å². The molecular weight excluding hydrogens is 324 g/mol. The molecule has 0 spiro atoms. The van der Waals surface area contributed by atoms with Gasteiger partial charge in [-0.2, -0.15) is 0 Å². The number of nitrogens with one attached hydrogen (secondary N) is 1. The van der Waals surface area contributed by atoms with E-state index in [0.29, 0.717) is 0 Å². The molecule has 0 radical (unpaired) electrons. The second kappa shape index (κ2) is 6.89. The van der Waals surface area contributed by atoms with Crippen molar-refractivity contribution in [3.63, 3.8) is 0 Å². The van der Waals surface area contributed by atoms with Crippen LogP contribution in [0.3, 0.4) is 0 Å². The first-order valence-corrected chi connectivity index (χ1v) is 7.43. The smallest absolute Gasteiger partial charge is 0.335 e. The lowest BCUT2D eigenvalue weighted by molar-refractivity contribution is 0.0697. The van der Waals surface area contributed by atoms with E-state index in [4.69, 9.17) is 5.11 Å². The third-order valence-electron chi connectivity index (χ3n) is 3.79. The molecule has 2 aromatic carbocycles. The molecule has 0 saturated heterocycles. The minimum absolute atomic E-state index is 0. The van der Waals surface area contributed by atoms with E-state index in [2.05, 4.69) is 36.3 Å². The Morgan fingerprint density at radius 2 is 1.71 bits per heavy atom. The van der Waals surface area contributed by atoms with E-state index in [0.717, 1.165) is 33.5 Å². The number of carbonyl (C=O) groups is 1. The van der Waals surface area contributed by atoms with Crippen molar-refractivity contribution in [2.45, 2.75) is 20.8 Å². The van der Waals surface area contributed by atoms with Gasteiger partial charge in [0.2, 0.25) is 0 Å². The molecule has 124 valence electrons. The van der Waals surface area contributed by atoms with Gasteiger partial charge in [-0.15, -0.1) is 12.4 Å². The molecule has 24 heavy (non-hydrogen) atoms. The van der Waals surface area contributed by atoms with Crippen LogP contribution in [0.5, 0.6) is 0 Å². The maximum absolute atomic E-state index is 10.9. The fourth-order valence-corrected chi connectivity index (χ4v) is 2.76. The van der Waals surface area contributed by atoms with Crippen molar-refractivity contribution in [1.29, 1.82) is 0 Å². The highest BCUT2D eigenvalue weighted by Crippen LogP contribution is 2.29. The minimum atomic E-state index is -0.923. The Balaban J connectivity index is 0.00000208. The molecule has 3 rings (SSSR count). The first-order chi connectivity index (χ1) is 10.9. The zero-order valence-corrected chi connectivity index (χ0v) is 14.6. The lowest BCUT2D eigenvalue weighted by atomic mass is 10.0. The van der Waals surface area contributed by atoms with Crippen molar-refractivity contribution in [2.24, 2.45) is 0 Å². The molecule has 0 aliphatic heterocycles. The standard InChI is InChI=1S/C19H18N2O2.ClH/c1-11-8-12(2)18-16(9-11)17(10-13(3)20-18)21-15-6-4-14(5-7-15)19(22)23;/h4-10H,1-3H3,(H,20,21)(H,22,23);1H. The van der Waals surface area contributed by atoms with E-state index < -0.39 is 5.97 Å². The summed E-state index contributed by atoms with van der Waals surface area (Å²) >= 11 is 0. The summed E-state index contributed by atoms with van der Waals surface area (Å²) in [6.07, 6.45) is 0. The minimum Gasteiger partial charge on any atom is -0.478 e. The Morgan fingerprint density at radius 3 is 2.33 bits per heavy atom. The number of anilines is 2. The van der Waals surface area contributed by atoms with Crippen LogP contribution < -0.4 is 5.32 Å². The molecule has 0 aliphatic carbocycles. The van der Waals surface area contributed by atoms with Crippen LogP contribution in [-0.2, 0) is 0 Å². The SMILES string of the molecule is Cc1cc(C)c2nc(C)cc(Nc3ccc(C(=O)O)cc3)c2c1.Cl. The maximum Gasteiger partial charge on any atom is 0.335 e. The number of halogens is 1. The summed E-state index contributed by atoms with van der Waals surface area (Å²) in [7, 11) is 0. The van der Waals surface area contributed by atoms with Crippen molar-refractivity contribution >= 4 is 40.7 Å². The van der Waals surface area contributed by atoms with Gasteiger partial charge in [0, 0.05) is 22.5 Å². The number of hydrogen-bond acceptors (Lipinski definition) is 3. The largest absolute Gasteiger partial charge is 0.478 e. The van der Waals surface area contributed by atoms with Crippen molar-refractivity contribution in [3.8, 4) is 0 Å². The van der Waals surface area contributed by atoms with E-state index in [-0.39, 0.29) is 18.0 Å². The van der Waals surface area contributed by atoms with Crippen LogP contribution in [-0.4, -0.2) is 16.1 Å². The van der Waals surface area contributed by atoms with Crippen LogP contribution >= 0.6 is 12.4 Å². The summed E-state index contributed by atoms with van der Waals surface area (Å²) in [5, 5.41) is 13.4. The van der Waals surface area contributed by atoms with Crippen molar-refractivity contribution in [2.75, 3.05) is 5.32 Å². The molecule has 5 heteroatoms. The summed E-state index contributed by atoms with van der Waals surface area (Å²) in [5.41, 5.74) is 6.36. The predicted octanol–water partition coefficient (Wildman–Crippen LogP) is 5.02. The van der Waals surface area contributed by atoms with Gasteiger partial charge >= 0.3 is 5.97 Å². The zero-order valence-electron chi connectivity index (χ0n) is 13.8. The topological polar surface area (TPSA) is 62.2 Å². The average molecular weight is 343 g/mol. The summed E-state index contributed by atoms with van der Waals surface area (Å²) in [6.45, 7) is 6.10. The van der Waals surface area contributed by atoms with E-state index in [1.165, 1.54) is 5.56 Å². The molecule has 0 atom stereocenters. The van der Waals surface area contributed by atoms with Gasteiger partial charge in [-0.25, -0.2) is 4.79 Å². The molecule has 0 fully saturated rings. The number of pyridine rings is 1. The van der Waals surface area contributed by atoms with Gasteiger partial charge in [-0.3, -0.25) is 4.98 Å². The quantitative estimate of drug-likeness (QED) is 0.701. The number of carboxylic acid groups (broad SMARTS) is 1. The molecular formula is C19H19ClN2O2. The van der Waals surface area contributed by atoms with Crippen LogP contribution in [0.4, 0.5) is 11.4 Å². The Bertz CT molecular complexity index is 905. The number of carboxylic acids is 1. The lowest BCUT2D eigenvalue weighted by Gasteiger charge is -2.13. The molecule has 2 N–H and O–H groups in total. The van der Waals surface area contributed by atoms with Crippen molar-refractivity contribution in [3.05, 3.63) is 64.8 Å². The highest BCUT2D eigenvalue weighted by Gasteiger charge is 2.08. The highest BCUT2D eigenvalue weighted by molar-refractivity contribution is 5.95. The molecule has 3 aromatic rings. The van der Waals surface area contributed by atoms with E-state index in [1.807, 2.05) is 13.0 Å². The second-order valence-corrected chi connectivity index (χ2v) is 5.80. The normalized spacial score (nSPS) is 10.3. The van der Waals surface area contributed by atoms with Crippen LogP contribution in [0.1, 0.15) is 27.2 Å². The molecule has 0 aliphatic rings. The predicted molar refractivity (Wildman–Crippen MR) is 99.9 cm³/mol. The van der Waals surface area contributed by atoms with Crippen LogP contribution in [0.25, 0.3) is 10.9 Å². The van der Waals surface area contributed by atoms with Crippen LogP contribution in [0, 0.1) is 20.8 Å². The molecule has 1 aromatic heterocycles. The third-order valence-corrected chi connectivity index (χ3v) is 3.79. The Morgan fingerprint density at radius 1 is 1.04 bits per heavy atom. The molecule has 1 heterocycles. The first-order valence-electron chi connectivity index (χ1n) is 7.43. The number of benzene rings is 2. The maximum atomic E-state index is 10.9. The Hall–Kier alpha value is -2.59. The number of hydrogen-bond donors (Lipinski definition) is 2. The fourth-order valence-electron chi connectivity index (χ4n) is 2.76. The number of rotatable bonds is 3. The summed E-state index contributed by atoms with van der Waals surface area (Å²) in [4.78, 5) is 15.6. The summed E-state index contributed by atoms with van der Waals surface area (Å²) in [6, 6.07) is 13.0. The van der Waals surface area contributed by atoms with Gasteiger partial charge in [0.1, 0.15) is 0 Å². The van der Waals surface area contributed by atoms with Crippen molar-refractivity contribution < 1.29 is 9.90 Å². The van der Waals surface area contributed by atoms with Crippen LogP contribution in [0.2, 0.25) is 0 Å². The van der Waals surface area contributed by atoms with Gasteiger partial charge in [-0.05, 0) is 62.7 Å². The molecule has 0 amide bonds. The van der Waals surface area contributed by atoms with Gasteiger partial charge in [0.15, 0.2) is 0 Å². The average Bonchev–Trinajstić information content (AvgIpc) is 2.49. The van der Waals surface area contributed by atoms with E-state index >= 15 is 0 Å². The first kappa shape index (κ1) is 17.8. The highest BCUT2D eigenvalue weighted by atomic mass is 35.5. The number of aromatic carboxylic acids is 1. The summed E-state index contributed by atoms with van der Waals surface area (Å²) < 4.78 is 0. The van der Waals surface area contributed by atoms with Crippen LogP contribution in [0.15, 0.2) is 42.5 Å². The molecule has 0 saturated carbocycles. The molecule has 0 bridgehead atoms. The number of fused-ring (bicyclic) bond motifs is 1. The van der Waals surface area contributed by atoms with Gasteiger partial charge in [0.05, 0.1) is 11.1 Å². The summed E-state index contributed by atoms with van der Waals surface area (Å²) in [5.74, 6) is -0.923. The van der Waals surface area contributed by atoms with Crippen molar-refractivity contribution in [1.82, 2.24) is 4.98 Å². The fraction of sp³-hybridized carbons (Fsp3) is 0.158. The zero-order chi connectivity index (χ0) is 16.6. The number of aromatic nitrogens is 1. The Kier molecular flexibility index (Phi) is 5.10. The number of nitrogens with zero attached hydrogens (tertiary/aromatic N) is 1. The monoisotopic (exact) mass is 342 g/mol. The van der Waals surface area contributed by atoms with Gasteiger partial charge < -0.3 is 10.4 Å². The van der Waals surface area contributed by atoms with E-state index in [9.17, 15) is 4.79 Å². The number of aryl methyl sites for hydroxylation is 3.